The van der Waals surface area contributed by atoms with E-state index in [1.807, 2.05) is 29.9 Å². The van der Waals surface area contributed by atoms with Crippen LogP contribution in [-0.4, -0.2) is 21.7 Å². The Labute approximate surface area is 109 Å². The molecule has 18 heavy (non-hydrogen) atoms. The minimum absolute atomic E-state index is 0.157. The van der Waals surface area contributed by atoms with E-state index in [1.165, 1.54) is 6.20 Å². The highest BCUT2D eigenvalue weighted by atomic mass is 35.5. The van der Waals surface area contributed by atoms with Crippen molar-refractivity contribution in [3.63, 3.8) is 0 Å². The van der Waals surface area contributed by atoms with E-state index in [0.29, 0.717) is 5.56 Å². The molecular weight excluding hydrogens is 252 g/mol. The predicted octanol–water partition coefficient (Wildman–Crippen LogP) is 1.84. The maximum absolute atomic E-state index is 11.7. The molecule has 0 bridgehead atoms. The molecule has 0 spiro atoms. The molecule has 6 heteroatoms. The Hall–Kier alpha value is -2.14. The fourth-order valence-electron chi connectivity index (χ4n) is 1.38. The van der Waals surface area contributed by atoms with Crippen LogP contribution < -0.4 is 5.43 Å². The van der Waals surface area contributed by atoms with Crippen LogP contribution in [0.2, 0.25) is 5.15 Å². The molecule has 1 N–H and O–H groups in total. The van der Waals surface area contributed by atoms with Gasteiger partial charge in [0, 0.05) is 19.4 Å². The van der Waals surface area contributed by atoms with Gasteiger partial charge in [-0.25, -0.2) is 10.4 Å². The lowest BCUT2D eigenvalue weighted by atomic mass is 10.3. The number of halogens is 1. The number of hydrogen-bond acceptors (Lipinski definition) is 3. The molecule has 0 saturated carbocycles. The number of hydrazone groups is 1. The number of nitrogens with zero attached hydrogens (tertiary/aromatic N) is 3. The molecule has 0 aliphatic rings. The average Bonchev–Trinajstić information content (AvgIpc) is 2.75. The molecule has 5 nitrogen and oxygen atoms in total. The van der Waals surface area contributed by atoms with Crippen LogP contribution in [0.3, 0.4) is 0 Å². The molecule has 0 aromatic carbocycles. The number of nitrogens with one attached hydrogen (secondary N) is 1. The van der Waals surface area contributed by atoms with Crippen LogP contribution in [0.15, 0.2) is 41.8 Å². The summed E-state index contributed by atoms with van der Waals surface area (Å²) >= 11 is 5.79. The summed E-state index contributed by atoms with van der Waals surface area (Å²) in [4.78, 5) is 15.5. The van der Waals surface area contributed by atoms with E-state index in [0.717, 1.165) is 5.69 Å². The van der Waals surface area contributed by atoms with Crippen molar-refractivity contribution in [2.45, 2.75) is 0 Å². The second kappa shape index (κ2) is 5.46. The van der Waals surface area contributed by atoms with Crippen LogP contribution in [-0.2, 0) is 7.05 Å². The normalized spacial score (nSPS) is 10.8. The van der Waals surface area contributed by atoms with Crippen molar-refractivity contribution in [2.24, 2.45) is 12.1 Å². The van der Waals surface area contributed by atoms with Gasteiger partial charge in [-0.3, -0.25) is 4.79 Å². The van der Waals surface area contributed by atoms with Crippen LogP contribution in [0.5, 0.6) is 0 Å². The number of carbonyl (C=O) groups is 1. The summed E-state index contributed by atoms with van der Waals surface area (Å²) in [6, 6.07) is 7.00. The van der Waals surface area contributed by atoms with Crippen molar-refractivity contribution >= 4 is 23.7 Å². The maximum Gasteiger partial charge on any atom is 0.274 e. The molecule has 92 valence electrons. The first-order valence-corrected chi connectivity index (χ1v) is 5.61. The van der Waals surface area contributed by atoms with Gasteiger partial charge >= 0.3 is 0 Å². The molecular formula is C12H11ClN4O. The highest BCUT2D eigenvalue weighted by molar-refractivity contribution is 6.32. The minimum Gasteiger partial charge on any atom is -0.350 e. The number of aryl methyl sites for hydroxylation is 1. The van der Waals surface area contributed by atoms with E-state index in [-0.39, 0.29) is 5.15 Å². The van der Waals surface area contributed by atoms with Gasteiger partial charge in [-0.15, -0.1) is 0 Å². The van der Waals surface area contributed by atoms with E-state index < -0.39 is 5.91 Å². The third-order valence-electron chi connectivity index (χ3n) is 2.35. The van der Waals surface area contributed by atoms with Crippen LogP contribution in [0.25, 0.3) is 0 Å². The second-order valence-electron chi connectivity index (χ2n) is 3.58. The van der Waals surface area contributed by atoms with Crippen molar-refractivity contribution in [1.29, 1.82) is 0 Å². The second-order valence-corrected chi connectivity index (χ2v) is 3.94. The fourth-order valence-corrected chi connectivity index (χ4v) is 1.59. The molecule has 2 heterocycles. The molecule has 0 unspecified atom stereocenters. The molecule has 2 aromatic heterocycles. The number of aromatic nitrogens is 2. The molecule has 0 radical (unpaired) electrons. The van der Waals surface area contributed by atoms with E-state index >= 15 is 0 Å². The zero-order valence-electron chi connectivity index (χ0n) is 9.67. The summed E-state index contributed by atoms with van der Waals surface area (Å²) in [5, 5.41) is 4.02. The Balaban J connectivity index is 2.03. The standard InChI is InChI=1S/C12H11ClN4O/c1-17-7-3-4-9(17)8-15-16-12(18)10-5-2-6-14-11(10)13/h2-8H,1H3,(H,16,18). The monoisotopic (exact) mass is 262 g/mol. The summed E-state index contributed by atoms with van der Waals surface area (Å²) in [6.45, 7) is 0. The van der Waals surface area contributed by atoms with Crippen molar-refractivity contribution in [2.75, 3.05) is 0 Å². The molecule has 2 rings (SSSR count). The zero-order chi connectivity index (χ0) is 13.0. The summed E-state index contributed by atoms with van der Waals surface area (Å²) in [6.07, 6.45) is 4.97. The first kappa shape index (κ1) is 12.3. The highest BCUT2D eigenvalue weighted by Gasteiger charge is 2.08. The van der Waals surface area contributed by atoms with Gasteiger partial charge in [0.05, 0.1) is 17.5 Å². The Kier molecular flexibility index (Phi) is 3.74. The third kappa shape index (κ3) is 2.75. The first-order valence-electron chi connectivity index (χ1n) is 5.24. The summed E-state index contributed by atoms with van der Waals surface area (Å²) < 4.78 is 1.88. The fraction of sp³-hybridized carbons (Fsp3) is 0.0833. The largest absolute Gasteiger partial charge is 0.350 e. The average molecular weight is 263 g/mol. The lowest BCUT2D eigenvalue weighted by molar-refractivity contribution is 0.0955. The van der Waals surface area contributed by atoms with E-state index in [9.17, 15) is 4.79 Å². The Bertz CT molecular complexity index is 591. The molecule has 0 aliphatic heterocycles. The van der Waals surface area contributed by atoms with Gasteiger partial charge in [0.1, 0.15) is 5.15 Å². The SMILES string of the molecule is Cn1cccc1C=NNC(=O)c1cccnc1Cl. The van der Waals surface area contributed by atoms with E-state index in [1.54, 1.807) is 18.3 Å². The van der Waals surface area contributed by atoms with Gasteiger partial charge in [0.2, 0.25) is 0 Å². The quantitative estimate of drug-likeness (QED) is 0.521. The van der Waals surface area contributed by atoms with E-state index in [2.05, 4.69) is 15.5 Å². The first-order chi connectivity index (χ1) is 8.68. The molecule has 0 aliphatic carbocycles. The molecule has 0 saturated heterocycles. The smallest absolute Gasteiger partial charge is 0.274 e. The number of rotatable bonds is 3. The van der Waals surface area contributed by atoms with Gasteiger partial charge in [-0.05, 0) is 24.3 Å². The van der Waals surface area contributed by atoms with Gasteiger partial charge in [0.25, 0.3) is 5.91 Å². The number of pyridine rings is 1. The topological polar surface area (TPSA) is 59.3 Å². The third-order valence-corrected chi connectivity index (χ3v) is 2.65. The number of hydrogen-bond donors (Lipinski definition) is 1. The van der Waals surface area contributed by atoms with Crippen molar-refractivity contribution in [1.82, 2.24) is 15.0 Å². The number of carbonyl (C=O) groups excluding carboxylic acids is 1. The van der Waals surface area contributed by atoms with Gasteiger partial charge in [0.15, 0.2) is 0 Å². The van der Waals surface area contributed by atoms with Crippen molar-refractivity contribution in [3.05, 3.63) is 53.1 Å². The Morgan fingerprint density at radius 2 is 2.33 bits per heavy atom. The maximum atomic E-state index is 11.7. The summed E-state index contributed by atoms with van der Waals surface area (Å²) in [5.41, 5.74) is 3.57. The molecule has 2 aromatic rings. The van der Waals surface area contributed by atoms with Crippen LogP contribution in [0, 0.1) is 0 Å². The van der Waals surface area contributed by atoms with E-state index in [4.69, 9.17) is 11.6 Å². The lowest BCUT2D eigenvalue weighted by Crippen LogP contribution is -2.18. The molecule has 1 amide bonds. The summed E-state index contributed by atoms with van der Waals surface area (Å²) in [5.74, 6) is -0.390. The highest BCUT2D eigenvalue weighted by Crippen LogP contribution is 2.10. The molecule has 0 atom stereocenters. The van der Waals surface area contributed by atoms with Crippen LogP contribution >= 0.6 is 11.6 Å². The zero-order valence-corrected chi connectivity index (χ0v) is 10.4. The van der Waals surface area contributed by atoms with Gasteiger partial charge < -0.3 is 4.57 Å². The van der Waals surface area contributed by atoms with Crippen LogP contribution in [0.1, 0.15) is 16.1 Å². The Morgan fingerprint density at radius 1 is 1.50 bits per heavy atom. The van der Waals surface area contributed by atoms with Crippen molar-refractivity contribution < 1.29 is 4.79 Å². The van der Waals surface area contributed by atoms with Gasteiger partial charge in [-0.1, -0.05) is 11.6 Å². The lowest BCUT2D eigenvalue weighted by Gasteiger charge is -2.01. The predicted molar refractivity (Wildman–Crippen MR) is 69.7 cm³/mol. The van der Waals surface area contributed by atoms with Crippen molar-refractivity contribution in [3.8, 4) is 0 Å². The summed E-state index contributed by atoms with van der Waals surface area (Å²) in [7, 11) is 1.89. The molecule has 0 fully saturated rings. The number of amides is 1. The minimum atomic E-state index is -0.390. The Morgan fingerprint density at radius 3 is 3.00 bits per heavy atom. The van der Waals surface area contributed by atoms with Gasteiger partial charge in [-0.2, -0.15) is 5.10 Å². The van der Waals surface area contributed by atoms with Crippen LogP contribution in [0.4, 0.5) is 0 Å².